The van der Waals surface area contributed by atoms with Crippen molar-refractivity contribution in [3.63, 3.8) is 0 Å². The van der Waals surface area contributed by atoms with E-state index in [1.807, 2.05) is 6.26 Å². The van der Waals surface area contributed by atoms with Gasteiger partial charge in [0.25, 0.3) is 0 Å². The molecule has 3 aliphatic carbocycles. The molecule has 0 aliphatic heterocycles. The Bertz CT molecular complexity index is 479. The molecule has 3 fully saturated rings. The number of fused-ring (bicyclic) bond motifs is 2. The van der Waals surface area contributed by atoms with Gasteiger partial charge in [-0.15, -0.1) is 0 Å². The van der Waals surface area contributed by atoms with Gasteiger partial charge in [0, 0.05) is 24.7 Å². The highest BCUT2D eigenvalue weighted by Crippen LogP contribution is 2.48. The maximum atomic E-state index is 5.67. The first kappa shape index (κ1) is 13.8. The lowest BCUT2D eigenvalue weighted by Gasteiger charge is -2.27. The number of nitrogens with zero attached hydrogens (tertiary/aromatic N) is 1. The van der Waals surface area contributed by atoms with E-state index >= 15 is 0 Å². The van der Waals surface area contributed by atoms with Crippen LogP contribution in [0.4, 0.5) is 0 Å². The third-order valence-electron chi connectivity index (χ3n) is 5.84. The molecule has 4 rings (SSSR count). The minimum Gasteiger partial charge on any atom is -0.468 e. The van der Waals surface area contributed by atoms with Gasteiger partial charge in [-0.3, -0.25) is 0 Å². The average Bonchev–Trinajstić information content (AvgIpc) is 2.85. The molecule has 1 aromatic heterocycles. The van der Waals surface area contributed by atoms with Crippen molar-refractivity contribution in [1.29, 1.82) is 0 Å². The van der Waals surface area contributed by atoms with E-state index in [1.165, 1.54) is 50.6 Å². The molecule has 3 atom stereocenters. The predicted molar refractivity (Wildman–Crippen MR) is 83.8 cm³/mol. The van der Waals surface area contributed by atoms with Crippen molar-refractivity contribution < 1.29 is 4.42 Å². The zero-order valence-electron chi connectivity index (χ0n) is 13.2. The molecule has 3 nitrogen and oxygen atoms in total. The van der Waals surface area contributed by atoms with Gasteiger partial charge in [0.2, 0.25) is 0 Å². The van der Waals surface area contributed by atoms with Crippen LogP contribution in [0.2, 0.25) is 0 Å². The summed E-state index contributed by atoms with van der Waals surface area (Å²) in [5.41, 5.74) is 1.37. The molecule has 3 unspecified atom stereocenters. The van der Waals surface area contributed by atoms with Crippen molar-refractivity contribution >= 4 is 0 Å². The Balaban J connectivity index is 1.29. The second-order valence-corrected chi connectivity index (χ2v) is 7.66. The molecular formula is C18H28N2O. The Morgan fingerprint density at radius 3 is 2.86 bits per heavy atom. The summed E-state index contributed by atoms with van der Waals surface area (Å²) >= 11 is 0. The summed E-state index contributed by atoms with van der Waals surface area (Å²) in [7, 11) is 2.27. The maximum absolute atomic E-state index is 5.67. The summed E-state index contributed by atoms with van der Waals surface area (Å²) in [5.74, 6) is 4.17. The molecule has 3 aliphatic rings. The summed E-state index contributed by atoms with van der Waals surface area (Å²) in [6.07, 6.45) is 10.5. The molecule has 3 heteroatoms. The Morgan fingerprint density at radius 1 is 1.24 bits per heavy atom. The quantitative estimate of drug-likeness (QED) is 0.833. The van der Waals surface area contributed by atoms with Crippen molar-refractivity contribution in [3.8, 4) is 0 Å². The zero-order chi connectivity index (χ0) is 14.2. The molecule has 0 spiro atoms. The first-order chi connectivity index (χ1) is 10.3. The van der Waals surface area contributed by atoms with Crippen LogP contribution in [0.1, 0.15) is 49.8 Å². The van der Waals surface area contributed by atoms with Gasteiger partial charge in [0.15, 0.2) is 0 Å². The van der Waals surface area contributed by atoms with Crippen molar-refractivity contribution in [2.24, 2.45) is 17.8 Å². The lowest BCUT2D eigenvalue weighted by Crippen LogP contribution is -2.28. The van der Waals surface area contributed by atoms with Gasteiger partial charge in [-0.05, 0) is 63.0 Å². The number of hydrogen-bond donors (Lipinski definition) is 1. The zero-order valence-corrected chi connectivity index (χ0v) is 13.2. The van der Waals surface area contributed by atoms with E-state index in [0.29, 0.717) is 0 Å². The van der Waals surface area contributed by atoms with E-state index in [0.717, 1.165) is 42.6 Å². The number of furan rings is 1. The van der Waals surface area contributed by atoms with Gasteiger partial charge in [0.05, 0.1) is 12.8 Å². The molecule has 1 heterocycles. The smallest absolute Gasteiger partial charge is 0.122 e. The number of hydrogen-bond acceptors (Lipinski definition) is 3. The van der Waals surface area contributed by atoms with Crippen molar-refractivity contribution in [2.45, 2.75) is 57.7 Å². The third kappa shape index (κ3) is 3.19. The molecular weight excluding hydrogens is 260 g/mol. The second kappa shape index (κ2) is 5.77. The predicted octanol–water partition coefficient (Wildman–Crippen LogP) is 3.40. The monoisotopic (exact) mass is 288 g/mol. The van der Waals surface area contributed by atoms with Gasteiger partial charge < -0.3 is 14.6 Å². The summed E-state index contributed by atoms with van der Waals surface area (Å²) in [6.45, 7) is 3.20. The van der Waals surface area contributed by atoms with Crippen molar-refractivity contribution in [2.75, 3.05) is 13.6 Å². The first-order valence-electron chi connectivity index (χ1n) is 8.75. The molecule has 3 saturated carbocycles. The molecule has 0 amide bonds. The maximum Gasteiger partial charge on any atom is 0.122 e. The van der Waals surface area contributed by atoms with Gasteiger partial charge >= 0.3 is 0 Å². The van der Waals surface area contributed by atoms with Crippen LogP contribution in [0.5, 0.6) is 0 Å². The number of nitrogens with one attached hydrogen (secondary N) is 1. The fraction of sp³-hybridized carbons (Fsp3) is 0.778. The Kier molecular flexibility index (Phi) is 3.80. The van der Waals surface area contributed by atoms with E-state index in [4.69, 9.17) is 4.42 Å². The van der Waals surface area contributed by atoms with Crippen molar-refractivity contribution in [1.82, 2.24) is 10.2 Å². The number of rotatable bonds is 7. The van der Waals surface area contributed by atoms with Crippen molar-refractivity contribution in [3.05, 3.63) is 23.7 Å². The van der Waals surface area contributed by atoms with Crippen LogP contribution in [0.3, 0.4) is 0 Å². The largest absolute Gasteiger partial charge is 0.468 e. The van der Waals surface area contributed by atoms with Crippen LogP contribution in [0, 0.1) is 17.8 Å². The highest BCUT2D eigenvalue weighted by atomic mass is 16.3. The minimum atomic E-state index is 0.745. The molecule has 116 valence electrons. The van der Waals surface area contributed by atoms with E-state index in [1.54, 1.807) is 0 Å². The Labute approximate surface area is 128 Å². The van der Waals surface area contributed by atoms with Gasteiger partial charge in [-0.1, -0.05) is 6.42 Å². The average molecular weight is 288 g/mol. The fourth-order valence-electron chi connectivity index (χ4n) is 4.54. The summed E-state index contributed by atoms with van der Waals surface area (Å²) in [6, 6.07) is 2.90. The summed E-state index contributed by atoms with van der Waals surface area (Å²) < 4.78 is 5.67. The van der Waals surface area contributed by atoms with Crippen LogP contribution in [0.25, 0.3) is 0 Å². The van der Waals surface area contributed by atoms with E-state index in [2.05, 4.69) is 23.3 Å². The SMILES string of the molecule is CN(Cc1ccoc1CNC1CC1)CC1CC2CCC1C2. The molecule has 0 saturated heterocycles. The van der Waals surface area contributed by atoms with E-state index in [-0.39, 0.29) is 0 Å². The normalized spacial score (nSPS) is 31.4. The highest BCUT2D eigenvalue weighted by Gasteiger charge is 2.39. The summed E-state index contributed by atoms with van der Waals surface area (Å²) in [4.78, 5) is 2.51. The minimum absolute atomic E-state index is 0.745. The molecule has 1 N–H and O–H groups in total. The van der Waals surface area contributed by atoms with E-state index < -0.39 is 0 Å². The highest BCUT2D eigenvalue weighted by molar-refractivity contribution is 5.17. The second-order valence-electron chi connectivity index (χ2n) is 7.66. The van der Waals surface area contributed by atoms with Crippen LogP contribution in [-0.4, -0.2) is 24.5 Å². The van der Waals surface area contributed by atoms with Gasteiger partial charge in [-0.25, -0.2) is 0 Å². The molecule has 21 heavy (non-hydrogen) atoms. The topological polar surface area (TPSA) is 28.4 Å². The van der Waals surface area contributed by atoms with Gasteiger partial charge in [0.1, 0.15) is 5.76 Å². The Hall–Kier alpha value is -0.800. The van der Waals surface area contributed by atoms with Crippen LogP contribution in [0.15, 0.2) is 16.7 Å². The third-order valence-corrected chi connectivity index (χ3v) is 5.84. The van der Waals surface area contributed by atoms with Crippen LogP contribution in [-0.2, 0) is 13.1 Å². The van der Waals surface area contributed by atoms with E-state index in [9.17, 15) is 0 Å². The van der Waals surface area contributed by atoms with Crippen LogP contribution < -0.4 is 5.32 Å². The molecule has 2 bridgehead atoms. The molecule has 1 aromatic rings. The standard InChI is InChI=1S/C18H28N2O/c1-20(12-16-9-13-2-3-14(16)8-13)11-15-6-7-21-18(15)10-19-17-4-5-17/h6-7,13-14,16-17,19H,2-5,8-12H2,1H3. The molecule has 0 aromatic carbocycles. The fourth-order valence-corrected chi connectivity index (χ4v) is 4.54. The van der Waals surface area contributed by atoms with Gasteiger partial charge in [-0.2, -0.15) is 0 Å². The Morgan fingerprint density at radius 2 is 2.14 bits per heavy atom. The summed E-state index contributed by atoms with van der Waals surface area (Å²) in [5, 5.41) is 3.56. The molecule has 0 radical (unpaired) electrons. The first-order valence-corrected chi connectivity index (χ1v) is 8.75. The van der Waals surface area contributed by atoms with Crippen LogP contribution >= 0.6 is 0 Å². The lowest BCUT2D eigenvalue weighted by atomic mass is 9.88. The lowest BCUT2D eigenvalue weighted by molar-refractivity contribution is 0.213.